The van der Waals surface area contributed by atoms with Gasteiger partial charge < -0.3 is 4.74 Å². The number of hydrogen-bond acceptors (Lipinski definition) is 2. The first-order valence-corrected chi connectivity index (χ1v) is 6.62. The van der Waals surface area contributed by atoms with E-state index < -0.39 is 0 Å². The first-order valence-electron chi connectivity index (χ1n) is 6.62. The molecule has 0 N–H and O–H groups in total. The van der Waals surface area contributed by atoms with Gasteiger partial charge in [-0.25, -0.2) is 4.98 Å². The highest BCUT2D eigenvalue weighted by Crippen LogP contribution is 2.34. The third-order valence-electron chi connectivity index (χ3n) is 3.77. The smallest absolute Gasteiger partial charge is 0.213 e. The van der Waals surface area contributed by atoms with Crippen molar-refractivity contribution in [3.63, 3.8) is 0 Å². The van der Waals surface area contributed by atoms with Gasteiger partial charge in [-0.3, -0.25) is 0 Å². The second kappa shape index (κ2) is 4.20. The van der Waals surface area contributed by atoms with E-state index in [9.17, 15) is 0 Å². The molecule has 1 aromatic heterocycles. The molecule has 0 aliphatic rings. The summed E-state index contributed by atoms with van der Waals surface area (Å²) in [6.45, 7) is 0. The van der Waals surface area contributed by atoms with Crippen LogP contribution < -0.4 is 4.74 Å². The van der Waals surface area contributed by atoms with Crippen LogP contribution in [0.3, 0.4) is 0 Å². The molecule has 0 bridgehead atoms. The predicted octanol–water partition coefficient (Wildman–Crippen LogP) is 4.55. The van der Waals surface area contributed by atoms with E-state index in [1.54, 1.807) is 7.11 Å². The molecule has 0 unspecified atom stereocenters. The number of hydrogen-bond donors (Lipinski definition) is 0. The number of fused-ring (bicyclic) bond motifs is 6. The monoisotopic (exact) mass is 259 g/mol. The lowest BCUT2D eigenvalue weighted by molar-refractivity contribution is 0.399. The molecule has 0 radical (unpaired) electrons. The first kappa shape index (κ1) is 11.2. The van der Waals surface area contributed by atoms with Crippen molar-refractivity contribution in [1.82, 2.24) is 4.98 Å². The molecule has 0 aliphatic heterocycles. The van der Waals surface area contributed by atoms with Gasteiger partial charge in [0.25, 0.3) is 0 Å². The Morgan fingerprint density at radius 1 is 0.650 bits per heavy atom. The lowest BCUT2D eigenvalue weighted by Crippen LogP contribution is -1.90. The number of benzene rings is 3. The van der Waals surface area contributed by atoms with Crippen molar-refractivity contribution in [2.24, 2.45) is 0 Å². The third-order valence-corrected chi connectivity index (χ3v) is 3.77. The molecular formula is C18H13NO. The fourth-order valence-corrected chi connectivity index (χ4v) is 2.85. The Morgan fingerprint density at radius 2 is 1.15 bits per heavy atom. The van der Waals surface area contributed by atoms with E-state index >= 15 is 0 Å². The molecule has 0 atom stereocenters. The standard InChI is InChI=1S/C18H13NO/c1-20-17-11-10-16-14-8-3-2-6-12(14)13-7-4-5-9-15(13)18(16)19-17/h2-11H,1H3. The van der Waals surface area contributed by atoms with Crippen molar-refractivity contribution < 1.29 is 4.74 Å². The maximum Gasteiger partial charge on any atom is 0.213 e. The summed E-state index contributed by atoms with van der Waals surface area (Å²) in [7, 11) is 1.65. The largest absolute Gasteiger partial charge is 0.481 e. The molecular weight excluding hydrogens is 246 g/mol. The Hall–Kier alpha value is -2.61. The third kappa shape index (κ3) is 1.48. The van der Waals surface area contributed by atoms with Crippen LogP contribution in [-0.2, 0) is 0 Å². The molecule has 0 saturated heterocycles. The van der Waals surface area contributed by atoms with Crippen LogP contribution in [0.25, 0.3) is 32.4 Å². The van der Waals surface area contributed by atoms with Gasteiger partial charge >= 0.3 is 0 Å². The van der Waals surface area contributed by atoms with E-state index in [-0.39, 0.29) is 0 Å². The van der Waals surface area contributed by atoms with Crippen LogP contribution in [0.4, 0.5) is 0 Å². The van der Waals surface area contributed by atoms with Gasteiger partial charge in [-0.2, -0.15) is 0 Å². The summed E-state index contributed by atoms with van der Waals surface area (Å²) >= 11 is 0. The highest BCUT2D eigenvalue weighted by molar-refractivity contribution is 6.24. The summed E-state index contributed by atoms with van der Waals surface area (Å²) in [6.07, 6.45) is 0. The second-order valence-electron chi connectivity index (χ2n) is 4.84. The van der Waals surface area contributed by atoms with Crippen LogP contribution in [0.2, 0.25) is 0 Å². The van der Waals surface area contributed by atoms with Crippen molar-refractivity contribution in [1.29, 1.82) is 0 Å². The fourth-order valence-electron chi connectivity index (χ4n) is 2.85. The van der Waals surface area contributed by atoms with Crippen LogP contribution in [0.15, 0.2) is 60.7 Å². The zero-order valence-electron chi connectivity index (χ0n) is 11.1. The normalized spacial score (nSPS) is 11.2. The number of methoxy groups -OCH3 is 1. The SMILES string of the molecule is COc1ccc2c3ccccc3c3ccccc3c2n1. The van der Waals surface area contributed by atoms with Crippen LogP contribution in [-0.4, -0.2) is 12.1 Å². The number of pyridine rings is 1. The molecule has 96 valence electrons. The van der Waals surface area contributed by atoms with Crippen LogP contribution in [0.1, 0.15) is 0 Å². The molecule has 0 fully saturated rings. The van der Waals surface area contributed by atoms with Crippen LogP contribution in [0, 0.1) is 0 Å². The number of aromatic nitrogens is 1. The highest BCUT2D eigenvalue weighted by Gasteiger charge is 2.09. The Kier molecular flexibility index (Phi) is 2.36. The van der Waals surface area contributed by atoms with Crippen molar-refractivity contribution in [3.05, 3.63) is 60.7 Å². The summed E-state index contributed by atoms with van der Waals surface area (Å²) in [5.74, 6) is 0.651. The number of rotatable bonds is 1. The van der Waals surface area contributed by atoms with Crippen molar-refractivity contribution in [3.8, 4) is 5.88 Å². The van der Waals surface area contributed by atoms with Gasteiger partial charge in [0.1, 0.15) is 0 Å². The lowest BCUT2D eigenvalue weighted by atomic mass is 9.97. The maximum atomic E-state index is 5.27. The molecule has 2 nitrogen and oxygen atoms in total. The maximum absolute atomic E-state index is 5.27. The van der Waals surface area contributed by atoms with E-state index in [1.807, 2.05) is 6.07 Å². The summed E-state index contributed by atoms with van der Waals surface area (Å²) in [5.41, 5.74) is 0.999. The number of ether oxygens (including phenoxy) is 1. The summed E-state index contributed by atoms with van der Waals surface area (Å²) in [4.78, 5) is 4.65. The quantitative estimate of drug-likeness (QED) is 0.468. The van der Waals surface area contributed by atoms with Gasteiger partial charge in [0.2, 0.25) is 5.88 Å². The molecule has 0 spiro atoms. The zero-order chi connectivity index (χ0) is 13.5. The van der Waals surface area contributed by atoms with Crippen molar-refractivity contribution in [2.45, 2.75) is 0 Å². The highest BCUT2D eigenvalue weighted by atomic mass is 16.5. The van der Waals surface area contributed by atoms with E-state index in [2.05, 4.69) is 59.6 Å². The molecule has 1 heterocycles. The van der Waals surface area contributed by atoms with E-state index in [0.717, 1.165) is 5.52 Å². The Labute approximate surface area is 116 Å². The van der Waals surface area contributed by atoms with Gasteiger partial charge in [-0.05, 0) is 22.2 Å². The lowest BCUT2D eigenvalue weighted by Gasteiger charge is -2.10. The van der Waals surface area contributed by atoms with Gasteiger partial charge in [-0.1, -0.05) is 48.5 Å². The molecule has 0 saturated carbocycles. The molecule has 4 aromatic rings. The van der Waals surface area contributed by atoms with E-state index in [0.29, 0.717) is 5.88 Å². The Morgan fingerprint density at radius 3 is 1.75 bits per heavy atom. The summed E-state index contributed by atoms with van der Waals surface area (Å²) in [6, 6.07) is 20.9. The van der Waals surface area contributed by atoms with Gasteiger partial charge in [0.15, 0.2) is 0 Å². The van der Waals surface area contributed by atoms with Crippen molar-refractivity contribution >= 4 is 32.4 Å². The zero-order valence-corrected chi connectivity index (χ0v) is 11.1. The molecule has 0 aliphatic carbocycles. The minimum atomic E-state index is 0.651. The van der Waals surface area contributed by atoms with Crippen LogP contribution in [0.5, 0.6) is 5.88 Å². The molecule has 2 heteroatoms. The Balaban J connectivity index is 2.35. The Bertz CT molecular complexity index is 908. The average molecular weight is 259 g/mol. The van der Waals surface area contributed by atoms with Crippen LogP contribution >= 0.6 is 0 Å². The molecule has 0 amide bonds. The predicted molar refractivity (Wildman–Crippen MR) is 83.3 cm³/mol. The number of nitrogens with zero attached hydrogens (tertiary/aromatic N) is 1. The van der Waals surface area contributed by atoms with E-state index in [1.165, 1.54) is 26.9 Å². The fraction of sp³-hybridized carbons (Fsp3) is 0.0556. The van der Waals surface area contributed by atoms with Gasteiger partial charge in [-0.15, -0.1) is 0 Å². The molecule has 20 heavy (non-hydrogen) atoms. The summed E-state index contributed by atoms with van der Waals surface area (Å²) in [5, 5.41) is 6.07. The molecule has 4 rings (SSSR count). The minimum absolute atomic E-state index is 0.651. The minimum Gasteiger partial charge on any atom is -0.481 e. The average Bonchev–Trinajstić information content (AvgIpc) is 2.54. The molecule has 3 aromatic carbocycles. The summed E-state index contributed by atoms with van der Waals surface area (Å²) < 4.78 is 5.27. The topological polar surface area (TPSA) is 22.1 Å². The second-order valence-corrected chi connectivity index (χ2v) is 4.84. The van der Waals surface area contributed by atoms with Gasteiger partial charge in [0, 0.05) is 16.8 Å². The first-order chi connectivity index (χ1) is 9.88. The van der Waals surface area contributed by atoms with Gasteiger partial charge in [0.05, 0.1) is 12.6 Å². The van der Waals surface area contributed by atoms with Crippen molar-refractivity contribution in [2.75, 3.05) is 7.11 Å². The van der Waals surface area contributed by atoms with E-state index in [4.69, 9.17) is 4.74 Å².